The maximum absolute atomic E-state index is 13.0. The van der Waals surface area contributed by atoms with Gasteiger partial charge in [-0.25, -0.2) is 4.79 Å². The van der Waals surface area contributed by atoms with Gasteiger partial charge in [-0.15, -0.1) is 0 Å². The molecule has 13 heteroatoms. The van der Waals surface area contributed by atoms with E-state index in [2.05, 4.69) is 16.0 Å². The van der Waals surface area contributed by atoms with Gasteiger partial charge in [0.15, 0.2) is 0 Å². The minimum atomic E-state index is -1.47. The standard InChI is InChI=1S/C25H36N4O9/c1-14(2)12-16(26)22(34)27-17(8-10-20(30)31)23(35)28-18(9-11-21(32)33)24(36)29-19(25(37)38)13-15-6-4-3-5-7-15/h3-7,14,16-19H,8-13,26H2,1-2H3,(H,27,34)(H,28,35)(H,29,36)(H,30,31)(H,32,33)(H,37,38). The van der Waals surface area contributed by atoms with Crippen LogP contribution in [0.25, 0.3) is 0 Å². The quantitative estimate of drug-likeness (QED) is 0.140. The van der Waals surface area contributed by atoms with Crippen molar-refractivity contribution in [3.8, 4) is 0 Å². The fourth-order valence-electron chi connectivity index (χ4n) is 3.56. The number of nitrogens with one attached hydrogen (secondary N) is 3. The Morgan fingerprint density at radius 1 is 0.737 bits per heavy atom. The van der Waals surface area contributed by atoms with Gasteiger partial charge in [-0.2, -0.15) is 0 Å². The summed E-state index contributed by atoms with van der Waals surface area (Å²) in [6.07, 6.45) is -1.47. The maximum Gasteiger partial charge on any atom is 0.326 e. The number of rotatable bonds is 17. The smallest absolute Gasteiger partial charge is 0.326 e. The van der Waals surface area contributed by atoms with Crippen molar-refractivity contribution < 1.29 is 44.1 Å². The van der Waals surface area contributed by atoms with Gasteiger partial charge in [0.1, 0.15) is 18.1 Å². The number of carbonyl (C=O) groups excluding carboxylic acids is 3. The Hall–Kier alpha value is -4.00. The number of nitrogens with two attached hydrogens (primary N) is 1. The lowest BCUT2D eigenvalue weighted by Gasteiger charge is -2.25. The average Bonchev–Trinajstić information content (AvgIpc) is 2.83. The van der Waals surface area contributed by atoms with Gasteiger partial charge in [0.2, 0.25) is 17.7 Å². The van der Waals surface area contributed by atoms with Crippen LogP contribution in [-0.4, -0.2) is 75.1 Å². The number of carboxylic acid groups (broad SMARTS) is 3. The van der Waals surface area contributed by atoms with Gasteiger partial charge >= 0.3 is 17.9 Å². The zero-order chi connectivity index (χ0) is 28.8. The van der Waals surface area contributed by atoms with Gasteiger partial charge in [-0.05, 0) is 30.7 Å². The third kappa shape index (κ3) is 12.3. The summed E-state index contributed by atoms with van der Waals surface area (Å²) in [5, 5.41) is 34.7. The van der Waals surface area contributed by atoms with E-state index >= 15 is 0 Å². The van der Waals surface area contributed by atoms with Gasteiger partial charge in [0.25, 0.3) is 0 Å². The molecule has 13 nitrogen and oxygen atoms in total. The summed E-state index contributed by atoms with van der Waals surface area (Å²) >= 11 is 0. The van der Waals surface area contributed by atoms with Crippen LogP contribution >= 0.6 is 0 Å². The highest BCUT2D eigenvalue weighted by molar-refractivity contribution is 5.94. The third-order valence-corrected chi connectivity index (χ3v) is 5.52. The Labute approximate surface area is 220 Å². The molecule has 1 rings (SSSR count). The molecule has 1 aromatic carbocycles. The van der Waals surface area contributed by atoms with Crippen molar-refractivity contribution >= 4 is 35.6 Å². The summed E-state index contributed by atoms with van der Waals surface area (Å²) in [5.41, 5.74) is 6.48. The molecule has 0 bridgehead atoms. The highest BCUT2D eigenvalue weighted by Gasteiger charge is 2.31. The Morgan fingerprint density at radius 2 is 1.18 bits per heavy atom. The Kier molecular flexibility index (Phi) is 13.5. The summed E-state index contributed by atoms with van der Waals surface area (Å²) in [6.45, 7) is 3.69. The van der Waals surface area contributed by atoms with Crippen molar-refractivity contribution in [1.82, 2.24) is 16.0 Å². The molecule has 4 unspecified atom stereocenters. The SMILES string of the molecule is CC(C)CC(N)C(=O)NC(CCC(=O)O)C(=O)NC(CCC(=O)O)C(=O)NC(Cc1ccccc1)C(=O)O. The van der Waals surface area contributed by atoms with Crippen molar-refractivity contribution in [1.29, 1.82) is 0 Å². The largest absolute Gasteiger partial charge is 0.481 e. The summed E-state index contributed by atoms with van der Waals surface area (Å²) in [7, 11) is 0. The minimum Gasteiger partial charge on any atom is -0.481 e. The van der Waals surface area contributed by atoms with Crippen molar-refractivity contribution in [2.75, 3.05) is 0 Å². The van der Waals surface area contributed by atoms with Crippen LogP contribution in [-0.2, 0) is 35.2 Å². The van der Waals surface area contributed by atoms with Crippen LogP contribution in [0.1, 0.15) is 51.5 Å². The molecule has 0 spiro atoms. The van der Waals surface area contributed by atoms with E-state index in [0.717, 1.165) is 0 Å². The first kappa shape index (κ1) is 32.0. The average molecular weight is 537 g/mol. The number of benzene rings is 1. The van der Waals surface area contributed by atoms with E-state index < -0.39 is 72.6 Å². The summed E-state index contributed by atoms with van der Waals surface area (Å²) in [4.78, 5) is 72.4. The summed E-state index contributed by atoms with van der Waals surface area (Å²) in [6, 6.07) is 3.30. The molecule has 0 heterocycles. The summed E-state index contributed by atoms with van der Waals surface area (Å²) in [5.74, 6) is -6.31. The molecule has 210 valence electrons. The lowest BCUT2D eigenvalue weighted by molar-refractivity contribution is -0.143. The molecule has 3 amide bonds. The van der Waals surface area contributed by atoms with E-state index in [1.807, 2.05) is 13.8 Å². The van der Waals surface area contributed by atoms with E-state index in [1.54, 1.807) is 30.3 Å². The Bertz CT molecular complexity index is 984. The number of hydrogen-bond acceptors (Lipinski definition) is 7. The number of aliphatic carboxylic acids is 3. The van der Waals surface area contributed by atoms with E-state index in [9.17, 15) is 33.9 Å². The predicted octanol–water partition coefficient (Wildman–Crippen LogP) is -0.129. The van der Waals surface area contributed by atoms with Crippen LogP contribution in [0.5, 0.6) is 0 Å². The molecule has 0 aliphatic carbocycles. The molecule has 1 aromatic rings. The number of amides is 3. The second-order valence-electron chi connectivity index (χ2n) is 9.31. The van der Waals surface area contributed by atoms with Crippen LogP contribution < -0.4 is 21.7 Å². The Morgan fingerprint density at radius 3 is 1.61 bits per heavy atom. The zero-order valence-corrected chi connectivity index (χ0v) is 21.4. The first-order valence-electron chi connectivity index (χ1n) is 12.2. The van der Waals surface area contributed by atoms with Crippen molar-refractivity contribution in [3.05, 3.63) is 35.9 Å². The van der Waals surface area contributed by atoms with Crippen LogP contribution in [0.2, 0.25) is 0 Å². The normalized spacial score (nSPS) is 14.0. The molecule has 0 aliphatic heterocycles. The fraction of sp³-hybridized carbons (Fsp3) is 0.520. The van der Waals surface area contributed by atoms with E-state index in [0.29, 0.717) is 12.0 Å². The van der Waals surface area contributed by atoms with Gasteiger partial charge in [-0.3, -0.25) is 24.0 Å². The lowest BCUT2D eigenvalue weighted by Crippen LogP contribution is -2.57. The van der Waals surface area contributed by atoms with Crippen molar-refractivity contribution in [3.63, 3.8) is 0 Å². The van der Waals surface area contributed by atoms with Gasteiger partial charge in [-0.1, -0.05) is 44.2 Å². The van der Waals surface area contributed by atoms with E-state index in [4.69, 9.17) is 15.9 Å². The monoisotopic (exact) mass is 536 g/mol. The lowest BCUT2D eigenvalue weighted by atomic mass is 10.0. The predicted molar refractivity (Wildman–Crippen MR) is 135 cm³/mol. The second kappa shape index (κ2) is 16.0. The first-order chi connectivity index (χ1) is 17.8. The van der Waals surface area contributed by atoms with Crippen molar-refractivity contribution in [2.45, 2.75) is 76.5 Å². The summed E-state index contributed by atoms with van der Waals surface area (Å²) < 4.78 is 0. The number of carbonyl (C=O) groups is 6. The highest BCUT2D eigenvalue weighted by atomic mass is 16.4. The van der Waals surface area contributed by atoms with Crippen LogP contribution in [0.3, 0.4) is 0 Å². The third-order valence-electron chi connectivity index (χ3n) is 5.52. The molecule has 8 N–H and O–H groups in total. The first-order valence-corrected chi connectivity index (χ1v) is 12.2. The topological polar surface area (TPSA) is 225 Å². The molecular weight excluding hydrogens is 500 g/mol. The molecule has 0 aliphatic rings. The second-order valence-corrected chi connectivity index (χ2v) is 9.31. The maximum atomic E-state index is 13.0. The zero-order valence-electron chi connectivity index (χ0n) is 21.4. The highest BCUT2D eigenvalue weighted by Crippen LogP contribution is 2.08. The van der Waals surface area contributed by atoms with Crippen LogP contribution in [0.15, 0.2) is 30.3 Å². The molecule has 38 heavy (non-hydrogen) atoms. The molecule has 0 radical (unpaired) electrons. The molecule has 0 aromatic heterocycles. The van der Waals surface area contributed by atoms with E-state index in [1.165, 1.54) is 0 Å². The Balaban J connectivity index is 3.06. The molecule has 0 fully saturated rings. The molecule has 4 atom stereocenters. The van der Waals surface area contributed by atoms with Crippen molar-refractivity contribution in [2.24, 2.45) is 11.7 Å². The van der Waals surface area contributed by atoms with Gasteiger partial charge < -0.3 is 37.0 Å². The minimum absolute atomic E-state index is 0.0630. The fourth-order valence-corrected chi connectivity index (χ4v) is 3.56. The number of carboxylic acids is 3. The number of hydrogen-bond donors (Lipinski definition) is 7. The van der Waals surface area contributed by atoms with E-state index in [-0.39, 0.29) is 25.2 Å². The molecular formula is C25H36N4O9. The molecule has 0 saturated carbocycles. The van der Waals surface area contributed by atoms with Gasteiger partial charge in [0.05, 0.1) is 6.04 Å². The van der Waals surface area contributed by atoms with Crippen LogP contribution in [0, 0.1) is 5.92 Å². The van der Waals surface area contributed by atoms with Gasteiger partial charge in [0, 0.05) is 19.3 Å². The molecule has 0 saturated heterocycles. The van der Waals surface area contributed by atoms with Crippen LogP contribution in [0.4, 0.5) is 0 Å².